The highest BCUT2D eigenvalue weighted by atomic mass is 32.2. The molecule has 14 heteroatoms. The third-order valence-corrected chi connectivity index (χ3v) is 14.2. The van der Waals surface area contributed by atoms with E-state index in [0.29, 0.717) is 25.7 Å². The molecule has 0 spiro atoms. The minimum atomic E-state index is -5.99. The van der Waals surface area contributed by atoms with Gasteiger partial charge in [0.05, 0.1) is 12.5 Å². The maximum Gasteiger partial charge on any atom is 0.315 e. The predicted octanol–water partition coefficient (Wildman–Crippen LogP) is 6.04. The Hall–Kier alpha value is -3.49. The Morgan fingerprint density at radius 1 is 0.771 bits per heavy atom. The maximum atomic E-state index is 14.8. The molecular formula is C34H29F4O8S2-. The lowest BCUT2D eigenvalue weighted by atomic mass is 9.49. The molecule has 0 N–H and O–H groups in total. The van der Waals surface area contributed by atoms with Crippen LogP contribution >= 0.6 is 0 Å². The van der Waals surface area contributed by atoms with E-state index in [-0.39, 0.29) is 55.5 Å². The van der Waals surface area contributed by atoms with Gasteiger partial charge in [0, 0.05) is 17.3 Å². The predicted molar refractivity (Wildman–Crippen MR) is 159 cm³/mol. The highest BCUT2D eigenvalue weighted by molar-refractivity contribution is 7.88. The molecule has 8 nitrogen and oxygen atoms in total. The molecule has 3 aromatic rings. The molecule has 4 saturated carbocycles. The van der Waals surface area contributed by atoms with Crippen LogP contribution in [0.25, 0.3) is 0 Å². The lowest BCUT2D eigenvalue weighted by Gasteiger charge is -2.60. The zero-order valence-electron chi connectivity index (χ0n) is 25.3. The summed E-state index contributed by atoms with van der Waals surface area (Å²) in [5.74, 6) is -13.4. The second kappa shape index (κ2) is 10.5. The van der Waals surface area contributed by atoms with Crippen LogP contribution in [0.3, 0.4) is 0 Å². The fraction of sp³-hybridized carbons (Fsp3) is 0.441. The average molecular weight is 706 g/mol. The van der Waals surface area contributed by atoms with Gasteiger partial charge in [-0.25, -0.2) is 17.2 Å². The molecule has 3 unspecified atom stereocenters. The fourth-order valence-corrected chi connectivity index (χ4v) is 12.6. The number of carbonyl (C=O) groups excluding carboxylic acids is 1. The summed E-state index contributed by atoms with van der Waals surface area (Å²) in [6, 6.07) is 16.1. The number of hydrogen-bond acceptors (Lipinski definition) is 8. The van der Waals surface area contributed by atoms with Gasteiger partial charge in [0.2, 0.25) is 17.4 Å². The van der Waals surface area contributed by atoms with E-state index in [4.69, 9.17) is 8.92 Å². The van der Waals surface area contributed by atoms with Gasteiger partial charge in [-0.2, -0.15) is 17.2 Å². The molecule has 0 aliphatic heterocycles. The summed E-state index contributed by atoms with van der Waals surface area (Å²) in [7, 11) is -11.0. The molecule has 3 aromatic carbocycles. The quantitative estimate of drug-likeness (QED) is 0.0959. The molecule has 254 valence electrons. The second-order valence-corrected chi connectivity index (χ2v) is 17.5. The van der Waals surface area contributed by atoms with Crippen LogP contribution in [-0.2, 0) is 29.8 Å². The normalized spacial score (nSPS) is 31.3. The lowest BCUT2D eigenvalue weighted by molar-refractivity contribution is -0.160. The minimum Gasteiger partial charge on any atom is -0.744 e. The molecule has 4 fully saturated rings. The van der Waals surface area contributed by atoms with Crippen LogP contribution in [-0.4, -0.2) is 38.7 Å². The Morgan fingerprint density at radius 2 is 1.29 bits per heavy atom. The minimum absolute atomic E-state index is 0.0309. The smallest absolute Gasteiger partial charge is 0.315 e. The van der Waals surface area contributed by atoms with Crippen LogP contribution in [0.5, 0.6) is 5.75 Å². The summed E-state index contributed by atoms with van der Waals surface area (Å²) in [6.07, 6.45) is 2.40. The molecule has 10 rings (SSSR count). The zero-order valence-corrected chi connectivity index (χ0v) is 26.9. The van der Waals surface area contributed by atoms with E-state index >= 15 is 0 Å². The molecule has 0 saturated heterocycles. The first-order valence-corrected chi connectivity index (χ1v) is 18.6. The highest BCUT2D eigenvalue weighted by Gasteiger charge is 2.64. The topological polar surface area (TPSA) is 127 Å². The van der Waals surface area contributed by atoms with Crippen molar-refractivity contribution in [3.63, 3.8) is 0 Å². The van der Waals surface area contributed by atoms with Gasteiger partial charge in [-0.05, 0) is 79.0 Å². The summed E-state index contributed by atoms with van der Waals surface area (Å²) in [5.41, 5.74) is 3.76. The molecule has 0 aromatic heterocycles. The van der Waals surface area contributed by atoms with Crippen LogP contribution in [0.15, 0.2) is 53.4 Å². The van der Waals surface area contributed by atoms with E-state index in [9.17, 15) is 43.7 Å². The summed E-state index contributed by atoms with van der Waals surface area (Å²) in [4.78, 5) is 11.5. The Labute approximate surface area is 274 Å². The van der Waals surface area contributed by atoms with Gasteiger partial charge < -0.3 is 13.5 Å². The first-order valence-electron chi connectivity index (χ1n) is 15.7. The monoisotopic (exact) mass is 705 g/mol. The van der Waals surface area contributed by atoms with E-state index in [0.717, 1.165) is 11.1 Å². The van der Waals surface area contributed by atoms with Gasteiger partial charge >= 0.3 is 16.1 Å². The fourth-order valence-electron chi connectivity index (χ4n) is 10.1. The largest absolute Gasteiger partial charge is 0.744 e. The van der Waals surface area contributed by atoms with Gasteiger partial charge in [-0.15, -0.1) is 0 Å². The van der Waals surface area contributed by atoms with E-state index < -0.39 is 70.2 Å². The third kappa shape index (κ3) is 4.58. The molecule has 0 radical (unpaired) electrons. The third-order valence-electron chi connectivity index (χ3n) is 11.4. The number of esters is 1. The molecule has 7 aliphatic rings. The van der Waals surface area contributed by atoms with Crippen LogP contribution < -0.4 is 4.18 Å². The number of rotatable bonds is 7. The van der Waals surface area contributed by atoms with Crippen molar-refractivity contribution in [1.82, 2.24) is 0 Å². The second-order valence-electron chi connectivity index (χ2n) is 14.3. The van der Waals surface area contributed by atoms with Crippen LogP contribution in [0.4, 0.5) is 17.6 Å². The summed E-state index contributed by atoms with van der Waals surface area (Å²) in [6.45, 7) is -0.0741. The Morgan fingerprint density at radius 3 is 1.81 bits per heavy atom. The van der Waals surface area contributed by atoms with Crippen molar-refractivity contribution in [2.24, 2.45) is 23.2 Å². The number of carbonyl (C=O) groups is 1. The van der Waals surface area contributed by atoms with Crippen LogP contribution in [0.2, 0.25) is 0 Å². The number of ether oxygens (including phenoxy) is 1. The van der Waals surface area contributed by atoms with E-state index in [1.54, 1.807) is 0 Å². The molecule has 7 aliphatic carbocycles. The van der Waals surface area contributed by atoms with Crippen molar-refractivity contribution in [2.45, 2.75) is 66.4 Å². The maximum absolute atomic E-state index is 14.8. The number of benzene rings is 3. The Kier molecular flexibility index (Phi) is 6.95. The van der Waals surface area contributed by atoms with Crippen molar-refractivity contribution in [3.8, 4) is 5.75 Å². The standard InChI is InChI=1S/C34H30F4O8S2/c35-26-28(37)31(47(40,41)42)29(38)27(36)30(26)46-48(43,44)34-13-17-9-18(14-34)12-33(11-17,15-34)16-45-32(39)24-10-23-19-5-1-3-7-21(19)25(24)22-8-4-2-6-20(22)23/h1-8,17-18,23-25H,9-16H2,(H,40,41,42)/p-1. The molecule has 48 heavy (non-hydrogen) atoms. The lowest BCUT2D eigenvalue weighted by Crippen LogP contribution is -2.61. The van der Waals surface area contributed by atoms with Gasteiger partial charge in [0.15, 0.2) is 11.6 Å². The first-order chi connectivity index (χ1) is 22.6. The molecular weight excluding hydrogens is 676 g/mol. The number of hydrogen-bond donors (Lipinski definition) is 0. The van der Waals surface area contributed by atoms with Crippen molar-refractivity contribution >= 4 is 26.2 Å². The van der Waals surface area contributed by atoms with Crippen molar-refractivity contribution < 1.29 is 52.7 Å². The first kappa shape index (κ1) is 31.8. The Balaban J connectivity index is 1.06. The van der Waals surface area contributed by atoms with Crippen LogP contribution in [0.1, 0.15) is 79.0 Å². The van der Waals surface area contributed by atoms with E-state index in [1.807, 2.05) is 36.4 Å². The van der Waals surface area contributed by atoms with Crippen molar-refractivity contribution in [3.05, 3.63) is 94.1 Å². The summed E-state index contributed by atoms with van der Waals surface area (Å²) in [5, 5.41) is 0. The zero-order chi connectivity index (χ0) is 34.0. The average Bonchev–Trinajstić information content (AvgIpc) is 3.03. The summed E-state index contributed by atoms with van der Waals surface area (Å²) < 4.78 is 129. The Bertz CT molecular complexity index is 2030. The van der Waals surface area contributed by atoms with Gasteiger partial charge in [-0.3, -0.25) is 4.79 Å². The highest BCUT2D eigenvalue weighted by Crippen LogP contribution is 2.64. The van der Waals surface area contributed by atoms with Gasteiger partial charge in [0.1, 0.15) is 19.8 Å². The summed E-state index contributed by atoms with van der Waals surface area (Å²) >= 11 is 0. The van der Waals surface area contributed by atoms with Gasteiger partial charge in [-0.1, -0.05) is 48.5 Å². The van der Waals surface area contributed by atoms with Crippen molar-refractivity contribution in [2.75, 3.05) is 6.61 Å². The number of halogens is 4. The molecule has 0 amide bonds. The van der Waals surface area contributed by atoms with Crippen LogP contribution in [0, 0.1) is 46.4 Å². The van der Waals surface area contributed by atoms with E-state index in [2.05, 4.69) is 12.1 Å². The number of fused-ring (bicyclic) bond motifs is 1. The van der Waals surface area contributed by atoms with Gasteiger partial charge in [0.25, 0.3) is 0 Å². The molecule has 0 heterocycles. The molecule has 3 atom stereocenters. The van der Waals surface area contributed by atoms with Crippen molar-refractivity contribution in [1.29, 1.82) is 0 Å². The van der Waals surface area contributed by atoms with E-state index in [1.165, 1.54) is 11.1 Å². The SMILES string of the molecule is O=C(OCC12CC3CC(C1)CC(S(=O)(=O)Oc1c(F)c(F)c(S(=O)(=O)[O-])c(F)c1F)(C3)C2)C1CC2c3ccccc3C1c1ccccc12. The molecule has 6 bridgehead atoms.